The van der Waals surface area contributed by atoms with E-state index in [1.54, 1.807) is 13.8 Å². The van der Waals surface area contributed by atoms with Crippen LogP contribution in [-0.4, -0.2) is 33.5 Å². The highest BCUT2D eigenvalue weighted by molar-refractivity contribution is 9.09. The van der Waals surface area contributed by atoms with Crippen molar-refractivity contribution in [2.45, 2.75) is 18.7 Å². The van der Waals surface area contributed by atoms with Gasteiger partial charge in [0.15, 0.2) is 0 Å². The van der Waals surface area contributed by atoms with Crippen molar-refractivity contribution in [1.82, 2.24) is 4.72 Å². The fourth-order valence-electron chi connectivity index (χ4n) is 1.80. The van der Waals surface area contributed by atoms with Gasteiger partial charge < -0.3 is 4.74 Å². The second-order valence-electron chi connectivity index (χ2n) is 4.07. The van der Waals surface area contributed by atoms with Crippen LogP contribution in [0.15, 0.2) is 17.0 Å². The minimum absolute atomic E-state index is 0.134. The van der Waals surface area contributed by atoms with Crippen molar-refractivity contribution >= 4 is 26.0 Å². The first-order valence-corrected chi connectivity index (χ1v) is 8.39. The SMILES string of the molecule is Cc1cc(F)cc(C)c1S(=O)(=O)NCCOCCBr. The van der Waals surface area contributed by atoms with E-state index in [-0.39, 0.29) is 11.4 Å². The Labute approximate surface area is 121 Å². The zero-order valence-electron chi connectivity index (χ0n) is 10.9. The number of hydrogen-bond acceptors (Lipinski definition) is 3. The second kappa shape index (κ2) is 7.33. The van der Waals surface area contributed by atoms with Crippen molar-refractivity contribution in [3.05, 3.63) is 29.1 Å². The molecule has 0 atom stereocenters. The van der Waals surface area contributed by atoms with Gasteiger partial charge in [0, 0.05) is 11.9 Å². The minimum atomic E-state index is -3.63. The number of hydrogen-bond donors (Lipinski definition) is 1. The molecule has 108 valence electrons. The molecule has 0 aromatic heterocycles. The molecule has 0 aliphatic heterocycles. The van der Waals surface area contributed by atoms with Crippen molar-refractivity contribution in [2.75, 3.05) is 25.1 Å². The standard InChI is InChI=1S/C12H17BrFNO3S/c1-9-7-11(14)8-10(2)12(9)19(16,17)15-4-6-18-5-3-13/h7-8,15H,3-6H2,1-2H3. The van der Waals surface area contributed by atoms with E-state index in [1.165, 1.54) is 12.1 Å². The first-order chi connectivity index (χ1) is 8.88. The van der Waals surface area contributed by atoms with Gasteiger partial charge in [-0.05, 0) is 37.1 Å². The second-order valence-corrected chi connectivity index (χ2v) is 6.56. The van der Waals surface area contributed by atoms with Gasteiger partial charge in [0.2, 0.25) is 10.0 Å². The Hall–Kier alpha value is -0.500. The Kier molecular flexibility index (Phi) is 6.38. The number of halogens is 2. The minimum Gasteiger partial charge on any atom is -0.379 e. The largest absolute Gasteiger partial charge is 0.379 e. The number of ether oxygens (including phenoxy) is 1. The molecule has 0 spiro atoms. The van der Waals surface area contributed by atoms with Crippen LogP contribution in [-0.2, 0) is 14.8 Å². The van der Waals surface area contributed by atoms with Gasteiger partial charge in [0.05, 0.1) is 18.1 Å². The fourth-order valence-corrected chi connectivity index (χ4v) is 3.49. The molecular formula is C12H17BrFNO3S. The van der Waals surface area contributed by atoms with E-state index in [4.69, 9.17) is 4.74 Å². The molecule has 0 fully saturated rings. The van der Waals surface area contributed by atoms with E-state index < -0.39 is 15.8 Å². The first kappa shape index (κ1) is 16.6. The van der Waals surface area contributed by atoms with Crippen LogP contribution in [0.4, 0.5) is 4.39 Å². The number of nitrogens with one attached hydrogen (secondary N) is 1. The van der Waals surface area contributed by atoms with Crippen LogP contribution < -0.4 is 4.72 Å². The molecule has 0 amide bonds. The molecule has 0 radical (unpaired) electrons. The zero-order valence-corrected chi connectivity index (χ0v) is 13.3. The van der Waals surface area contributed by atoms with Crippen LogP contribution in [0.2, 0.25) is 0 Å². The monoisotopic (exact) mass is 353 g/mol. The number of benzene rings is 1. The fraction of sp³-hybridized carbons (Fsp3) is 0.500. The summed E-state index contributed by atoms with van der Waals surface area (Å²) < 4.78 is 45.0. The zero-order chi connectivity index (χ0) is 14.5. The van der Waals surface area contributed by atoms with Crippen LogP contribution in [0, 0.1) is 19.7 Å². The summed E-state index contributed by atoms with van der Waals surface area (Å²) in [5.74, 6) is -0.436. The summed E-state index contributed by atoms with van der Waals surface area (Å²) >= 11 is 3.20. The van der Waals surface area contributed by atoms with Gasteiger partial charge >= 0.3 is 0 Å². The third kappa shape index (κ3) is 4.83. The Bertz CT molecular complexity index is 511. The van der Waals surface area contributed by atoms with Crippen molar-refractivity contribution in [2.24, 2.45) is 0 Å². The Morgan fingerprint density at radius 3 is 2.37 bits per heavy atom. The van der Waals surface area contributed by atoms with Crippen LogP contribution in [0.3, 0.4) is 0 Å². The van der Waals surface area contributed by atoms with Crippen molar-refractivity contribution in [1.29, 1.82) is 0 Å². The van der Waals surface area contributed by atoms with Crippen molar-refractivity contribution in [3.8, 4) is 0 Å². The Morgan fingerprint density at radius 1 is 1.26 bits per heavy atom. The van der Waals surface area contributed by atoms with Gasteiger partial charge in [0.25, 0.3) is 0 Å². The highest BCUT2D eigenvalue weighted by Crippen LogP contribution is 2.20. The molecule has 0 aliphatic carbocycles. The van der Waals surface area contributed by atoms with E-state index in [9.17, 15) is 12.8 Å². The van der Waals surface area contributed by atoms with Gasteiger partial charge in [-0.1, -0.05) is 15.9 Å². The van der Waals surface area contributed by atoms with E-state index in [0.717, 1.165) is 0 Å². The maximum Gasteiger partial charge on any atom is 0.241 e. The molecule has 0 saturated carbocycles. The predicted octanol–water partition coefficient (Wildman–Crippen LogP) is 2.13. The van der Waals surface area contributed by atoms with Crippen LogP contribution in [0.25, 0.3) is 0 Å². The van der Waals surface area contributed by atoms with E-state index in [2.05, 4.69) is 20.7 Å². The molecule has 19 heavy (non-hydrogen) atoms. The normalized spacial score (nSPS) is 11.8. The lowest BCUT2D eigenvalue weighted by molar-refractivity contribution is 0.156. The first-order valence-electron chi connectivity index (χ1n) is 5.78. The van der Waals surface area contributed by atoms with Crippen molar-refractivity contribution in [3.63, 3.8) is 0 Å². The molecule has 1 rings (SSSR count). The van der Waals surface area contributed by atoms with Crippen molar-refractivity contribution < 1.29 is 17.5 Å². The van der Waals surface area contributed by atoms with Crippen LogP contribution >= 0.6 is 15.9 Å². The summed E-state index contributed by atoms with van der Waals surface area (Å²) in [4.78, 5) is 0.134. The molecule has 1 aromatic rings. The molecule has 0 heterocycles. The highest BCUT2D eigenvalue weighted by Gasteiger charge is 2.19. The van der Waals surface area contributed by atoms with E-state index in [1.807, 2.05) is 0 Å². The summed E-state index contributed by atoms with van der Waals surface area (Å²) in [5, 5.41) is 0.704. The molecule has 0 saturated heterocycles. The summed E-state index contributed by atoms with van der Waals surface area (Å²) in [7, 11) is -3.63. The summed E-state index contributed by atoms with van der Waals surface area (Å²) in [5.41, 5.74) is 0.790. The number of aryl methyl sites for hydroxylation is 2. The Morgan fingerprint density at radius 2 is 1.84 bits per heavy atom. The average molecular weight is 354 g/mol. The summed E-state index contributed by atoms with van der Waals surface area (Å²) in [6.45, 7) is 4.16. The molecule has 1 N–H and O–H groups in total. The molecule has 0 unspecified atom stereocenters. The third-order valence-electron chi connectivity index (χ3n) is 2.45. The quantitative estimate of drug-likeness (QED) is 0.603. The highest BCUT2D eigenvalue weighted by atomic mass is 79.9. The number of rotatable bonds is 7. The maximum absolute atomic E-state index is 13.1. The predicted molar refractivity (Wildman–Crippen MR) is 75.7 cm³/mol. The lowest BCUT2D eigenvalue weighted by atomic mass is 10.1. The molecule has 0 bridgehead atoms. The molecule has 4 nitrogen and oxygen atoms in total. The summed E-state index contributed by atoms with van der Waals surface area (Å²) in [6.07, 6.45) is 0. The average Bonchev–Trinajstić information content (AvgIpc) is 2.26. The number of sulfonamides is 1. The third-order valence-corrected chi connectivity index (χ3v) is 4.54. The van der Waals surface area contributed by atoms with Gasteiger partial charge in [0.1, 0.15) is 5.82 Å². The summed E-state index contributed by atoms with van der Waals surface area (Å²) in [6, 6.07) is 2.42. The Balaban J connectivity index is 2.78. The smallest absolute Gasteiger partial charge is 0.241 e. The maximum atomic E-state index is 13.1. The van der Waals surface area contributed by atoms with Crippen LogP contribution in [0.1, 0.15) is 11.1 Å². The van der Waals surface area contributed by atoms with Gasteiger partial charge in [-0.25, -0.2) is 17.5 Å². The molecule has 1 aromatic carbocycles. The molecule has 7 heteroatoms. The molecule has 0 aliphatic rings. The van der Waals surface area contributed by atoms with Gasteiger partial charge in [-0.15, -0.1) is 0 Å². The number of alkyl halides is 1. The molecular weight excluding hydrogens is 337 g/mol. The van der Waals surface area contributed by atoms with Crippen LogP contribution in [0.5, 0.6) is 0 Å². The van der Waals surface area contributed by atoms with E-state index >= 15 is 0 Å². The topological polar surface area (TPSA) is 55.4 Å². The van der Waals surface area contributed by atoms with Gasteiger partial charge in [-0.3, -0.25) is 0 Å². The lowest BCUT2D eigenvalue weighted by Crippen LogP contribution is -2.29. The van der Waals surface area contributed by atoms with E-state index in [0.29, 0.717) is 29.7 Å². The lowest BCUT2D eigenvalue weighted by Gasteiger charge is -2.12. The van der Waals surface area contributed by atoms with Gasteiger partial charge in [-0.2, -0.15) is 0 Å².